The molecule has 0 radical (unpaired) electrons. The maximum atomic E-state index is 8.75. The zero-order chi connectivity index (χ0) is 16.2. The van der Waals surface area contributed by atoms with Gasteiger partial charge in [0.25, 0.3) is 0 Å². The summed E-state index contributed by atoms with van der Waals surface area (Å²) >= 11 is 0. The zero-order valence-corrected chi connectivity index (χ0v) is 12.3. The van der Waals surface area contributed by atoms with E-state index in [-0.39, 0.29) is 5.84 Å². The Kier molecular flexibility index (Phi) is 3.97. The van der Waals surface area contributed by atoms with Gasteiger partial charge in [0, 0.05) is 17.0 Å². The topological polar surface area (TPSA) is 107 Å². The highest BCUT2D eigenvalue weighted by Gasteiger charge is 2.06. The molecule has 5 N–H and O–H groups in total. The van der Waals surface area contributed by atoms with Crippen LogP contribution in [0, 0.1) is 0 Å². The summed E-state index contributed by atoms with van der Waals surface area (Å²) in [7, 11) is 0. The number of anilines is 1. The van der Waals surface area contributed by atoms with Gasteiger partial charge in [-0.15, -0.1) is 0 Å². The van der Waals surface area contributed by atoms with Gasteiger partial charge in [-0.2, -0.15) is 0 Å². The van der Waals surface area contributed by atoms with Gasteiger partial charge in [-0.25, -0.2) is 4.98 Å². The van der Waals surface area contributed by atoms with Gasteiger partial charge >= 0.3 is 0 Å². The van der Waals surface area contributed by atoms with Crippen LogP contribution < -0.4 is 16.2 Å². The van der Waals surface area contributed by atoms with E-state index in [0.29, 0.717) is 23.7 Å². The molecule has 0 aliphatic carbocycles. The second-order valence-electron chi connectivity index (χ2n) is 5.04. The van der Waals surface area contributed by atoms with Gasteiger partial charge in [0.2, 0.25) is 0 Å². The van der Waals surface area contributed by atoms with Crippen molar-refractivity contribution in [2.45, 2.75) is 6.61 Å². The van der Waals surface area contributed by atoms with Gasteiger partial charge in [0.05, 0.1) is 5.52 Å². The Morgan fingerprint density at radius 2 is 1.96 bits per heavy atom. The fourth-order valence-corrected chi connectivity index (χ4v) is 2.32. The summed E-state index contributed by atoms with van der Waals surface area (Å²) in [6.07, 6.45) is 0. The molecule has 6 nitrogen and oxygen atoms in total. The van der Waals surface area contributed by atoms with Crippen molar-refractivity contribution in [2.75, 3.05) is 5.73 Å². The average molecular weight is 308 g/mol. The van der Waals surface area contributed by atoms with E-state index >= 15 is 0 Å². The summed E-state index contributed by atoms with van der Waals surface area (Å²) in [5.41, 5.74) is 13.7. The first kappa shape index (κ1) is 14.6. The van der Waals surface area contributed by atoms with Crippen LogP contribution in [-0.2, 0) is 6.61 Å². The van der Waals surface area contributed by atoms with E-state index in [0.717, 1.165) is 16.5 Å². The van der Waals surface area contributed by atoms with Crippen LogP contribution >= 0.6 is 0 Å². The van der Waals surface area contributed by atoms with Gasteiger partial charge in [-0.1, -0.05) is 35.5 Å². The van der Waals surface area contributed by atoms with Crippen LogP contribution in [0.3, 0.4) is 0 Å². The minimum absolute atomic E-state index is 0.0606. The number of hydrogen-bond acceptors (Lipinski definition) is 5. The zero-order valence-electron chi connectivity index (χ0n) is 12.3. The van der Waals surface area contributed by atoms with Crippen LogP contribution in [0.2, 0.25) is 0 Å². The summed E-state index contributed by atoms with van der Waals surface area (Å²) in [5.74, 6) is 1.14. The van der Waals surface area contributed by atoms with Crippen molar-refractivity contribution in [3.05, 3.63) is 65.7 Å². The summed E-state index contributed by atoms with van der Waals surface area (Å²) in [6.45, 7) is 0.333. The van der Waals surface area contributed by atoms with Gasteiger partial charge in [-0.3, -0.25) is 0 Å². The first-order chi connectivity index (χ1) is 11.2. The van der Waals surface area contributed by atoms with Crippen molar-refractivity contribution in [1.29, 1.82) is 0 Å². The normalized spacial score (nSPS) is 11.6. The molecule has 116 valence electrons. The predicted molar refractivity (Wildman–Crippen MR) is 89.4 cm³/mol. The van der Waals surface area contributed by atoms with Crippen LogP contribution in [0.4, 0.5) is 5.82 Å². The molecule has 0 saturated carbocycles. The van der Waals surface area contributed by atoms with E-state index in [9.17, 15) is 0 Å². The lowest BCUT2D eigenvalue weighted by Crippen LogP contribution is -2.13. The number of amidine groups is 1. The molecule has 0 fully saturated rings. The SMILES string of the molecule is NC(=NO)c1cccc(COc2cc(N)nc3ccccc23)c1. The summed E-state index contributed by atoms with van der Waals surface area (Å²) in [5, 5.41) is 12.6. The van der Waals surface area contributed by atoms with Crippen molar-refractivity contribution in [3.8, 4) is 5.75 Å². The Balaban J connectivity index is 1.87. The smallest absolute Gasteiger partial charge is 0.170 e. The van der Waals surface area contributed by atoms with Crippen LogP contribution in [0.5, 0.6) is 5.75 Å². The van der Waals surface area contributed by atoms with Crippen molar-refractivity contribution in [3.63, 3.8) is 0 Å². The number of nitrogens with zero attached hydrogens (tertiary/aromatic N) is 2. The molecule has 23 heavy (non-hydrogen) atoms. The summed E-state index contributed by atoms with van der Waals surface area (Å²) in [6, 6.07) is 16.6. The van der Waals surface area contributed by atoms with Gasteiger partial charge in [0.1, 0.15) is 18.2 Å². The van der Waals surface area contributed by atoms with Crippen LogP contribution in [0.1, 0.15) is 11.1 Å². The largest absolute Gasteiger partial charge is 0.488 e. The Hall–Kier alpha value is -3.28. The molecular weight excluding hydrogens is 292 g/mol. The molecule has 0 bridgehead atoms. The highest BCUT2D eigenvalue weighted by molar-refractivity contribution is 5.97. The summed E-state index contributed by atoms with van der Waals surface area (Å²) < 4.78 is 5.89. The number of rotatable bonds is 4. The molecule has 3 rings (SSSR count). The minimum Gasteiger partial charge on any atom is -0.488 e. The third kappa shape index (κ3) is 3.16. The monoisotopic (exact) mass is 308 g/mol. The molecule has 2 aromatic carbocycles. The van der Waals surface area contributed by atoms with E-state index in [1.165, 1.54) is 0 Å². The number of benzene rings is 2. The van der Waals surface area contributed by atoms with Gasteiger partial charge in [0.15, 0.2) is 5.84 Å². The maximum absolute atomic E-state index is 8.75. The molecule has 0 unspecified atom stereocenters. The molecule has 0 aliphatic rings. The highest BCUT2D eigenvalue weighted by Crippen LogP contribution is 2.27. The Morgan fingerprint density at radius 3 is 2.78 bits per heavy atom. The number of nitrogen functional groups attached to an aromatic ring is 1. The van der Waals surface area contributed by atoms with E-state index < -0.39 is 0 Å². The molecule has 0 aliphatic heterocycles. The molecule has 0 amide bonds. The third-order valence-electron chi connectivity index (χ3n) is 3.42. The number of oxime groups is 1. The average Bonchev–Trinajstić information content (AvgIpc) is 2.59. The van der Waals surface area contributed by atoms with Crippen molar-refractivity contribution >= 4 is 22.6 Å². The number of nitrogens with two attached hydrogens (primary N) is 2. The first-order valence-corrected chi connectivity index (χ1v) is 7.02. The van der Waals surface area contributed by atoms with Crippen molar-refractivity contribution < 1.29 is 9.94 Å². The lowest BCUT2D eigenvalue weighted by atomic mass is 10.1. The quantitative estimate of drug-likeness (QED) is 0.297. The molecule has 0 saturated heterocycles. The number of para-hydroxylation sites is 1. The molecule has 6 heteroatoms. The van der Waals surface area contributed by atoms with E-state index in [1.807, 2.05) is 42.5 Å². The third-order valence-corrected chi connectivity index (χ3v) is 3.42. The van der Waals surface area contributed by atoms with Gasteiger partial charge in [-0.05, 0) is 23.8 Å². The number of hydrogen-bond donors (Lipinski definition) is 3. The standard InChI is InChI=1S/C17H16N4O2/c18-16-9-15(13-6-1-2-7-14(13)20-16)23-10-11-4-3-5-12(8-11)17(19)21-22/h1-9,22H,10H2,(H2,18,20)(H2,19,21). The second-order valence-corrected chi connectivity index (χ2v) is 5.04. The van der Waals surface area contributed by atoms with Crippen LogP contribution in [0.25, 0.3) is 10.9 Å². The van der Waals surface area contributed by atoms with Crippen molar-refractivity contribution in [2.24, 2.45) is 10.9 Å². The molecule has 1 heterocycles. The van der Waals surface area contributed by atoms with E-state index in [2.05, 4.69) is 10.1 Å². The fraction of sp³-hybridized carbons (Fsp3) is 0.0588. The number of pyridine rings is 1. The lowest BCUT2D eigenvalue weighted by Gasteiger charge is -2.11. The van der Waals surface area contributed by atoms with E-state index in [4.69, 9.17) is 21.4 Å². The number of ether oxygens (including phenoxy) is 1. The Labute approximate surface area is 133 Å². The first-order valence-electron chi connectivity index (χ1n) is 7.02. The molecule has 0 atom stereocenters. The fourth-order valence-electron chi connectivity index (χ4n) is 2.32. The number of aromatic nitrogens is 1. The Bertz CT molecular complexity index is 877. The predicted octanol–water partition coefficient (Wildman–Crippen LogP) is 2.49. The minimum atomic E-state index is 0.0606. The molecule has 3 aromatic rings. The number of fused-ring (bicyclic) bond motifs is 1. The lowest BCUT2D eigenvalue weighted by molar-refractivity contribution is 0.310. The van der Waals surface area contributed by atoms with Gasteiger partial charge < -0.3 is 21.4 Å². The van der Waals surface area contributed by atoms with Crippen LogP contribution in [0.15, 0.2) is 59.8 Å². The maximum Gasteiger partial charge on any atom is 0.170 e. The van der Waals surface area contributed by atoms with Crippen molar-refractivity contribution in [1.82, 2.24) is 4.98 Å². The Morgan fingerprint density at radius 1 is 1.13 bits per heavy atom. The van der Waals surface area contributed by atoms with Crippen LogP contribution in [-0.4, -0.2) is 16.0 Å². The highest BCUT2D eigenvalue weighted by atomic mass is 16.5. The summed E-state index contributed by atoms with van der Waals surface area (Å²) in [4.78, 5) is 4.28. The molecule has 1 aromatic heterocycles. The van der Waals surface area contributed by atoms with E-state index in [1.54, 1.807) is 12.1 Å². The second kappa shape index (κ2) is 6.23. The molecular formula is C17H16N4O2. The molecule has 0 spiro atoms.